The number of hydrogen-bond acceptors (Lipinski definition) is 4. The topological polar surface area (TPSA) is 81.1 Å². The number of aromatic nitrogens is 2. The van der Waals surface area contributed by atoms with Crippen molar-refractivity contribution in [1.82, 2.24) is 9.55 Å². The predicted octanol–water partition coefficient (Wildman–Crippen LogP) is 3.86. The molecule has 2 aromatic carbocycles. The number of carbonyl (C=O) groups is 1. The van der Waals surface area contributed by atoms with Crippen molar-refractivity contribution in [3.05, 3.63) is 64.3 Å². The Bertz CT molecular complexity index is 1200. The van der Waals surface area contributed by atoms with Gasteiger partial charge in [-0.1, -0.05) is 35.9 Å². The van der Waals surface area contributed by atoms with Crippen LogP contribution in [0.3, 0.4) is 0 Å². The van der Waals surface area contributed by atoms with Crippen LogP contribution in [-0.4, -0.2) is 29.6 Å². The molecule has 4 rings (SSSR count). The van der Waals surface area contributed by atoms with Crippen LogP contribution in [0.1, 0.15) is 21.6 Å². The number of amides is 1. The lowest BCUT2D eigenvalue weighted by atomic mass is 10.1. The summed E-state index contributed by atoms with van der Waals surface area (Å²) in [5, 5.41) is 3.39. The van der Waals surface area contributed by atoms with E-state index in [2.05, 4.69) is 10.3 Å². The first-order valence-electron chi connectivity index (χ1n) is 8.74. The van der Waals surface area contributed by atoms with Gasteiger partial charge in [0.25, 0.3) is 5.91 Å². The van der Waals surface area contributed by atoms with E-state index in [9.17, 15) is 13.2 Å². The number of nitrogens with one attached hydrogen (secondary N) is 1. The molecule has 144 valence electrons. The van der Waals surface area contributed by atoms with E-state index in [1.54, 1.807) is 24.3 Å². The Balaban J connectivity index is 1.84. The molecule has 8 heteroatoms. The van der Waals surface area contributed by atoms with Gasteiger partial charge in [-0.15, -0.1) is 0 Å². The average molecular weight is 416 g/mol. The molecule has 0 fully saturated rings. The molecule has 0 unspecified atom stereocenters. The Morgan fingerprint density at radius 3 is 2.57 bits per heavy atom. The van der Waals surface area contributed by atoms with E-state index in [-0.39, 0.29) is 23.1 Å². The van der Waals surface area contributed by atoms with Gasteiger partial charge in [0.1, 0.15) is 11.4 Å². The fourth-order valence-corrected chi connectivity index (χ4v) is 4.75. The van der Waals surface area contributed by atoms with Crippen molar-refractivity contribution in [3.8, 4) is 11.3 Å². The van der Waals surface area contributed by atoms with Crippen LogP contribution in [0.5, 0.6) is 0 Å². The van der Waals surface area contributed by atoms with Crippen molar-refractivity contribution in [1.29, 1.82) is 0 Å². The number of benzene rings is 2. The quantitative estimate of drug-likeness (QED) is 0.704. The summed E-state index contributed by atoms with van der Waals surface area (Å²) in [6.07, 6.45) is 0. The van der Waals surface area contributed by atoms with Crippen LogP contribution in [0.4, 0.5) is 5.69 Å². The smallest absolute Gasteiger partial charge is 0.274 e. The molecule has 1 aromatic heterocycles. The summed E-state index contributed by atoms with van der Waals surface area (Å²) in [5.74, 6) is -0.450. The van der Waals surface area contributed by atoms with Crippen LogP contribution in [0, 0.1) is 13.8 Å². The van der Waals surface area contributed by atoms with Crippen molar-refractivity contribution in [3.63, 3.8) is 0 Å². The molecule has 0 spiro atoms. The van der Waals surface area contributed by atoms with Gasteiger partial charge in [0, 0.05) is 22.8 Å². The maximum Gasteiger partial charge on any atom is 0.274 e. The van der Waals surface area contributed by atoms with E-state index in [1.807, 2.05) is 32.0 Å². The molecule has 0 bridgehead atoms. The molecule has 1 amide bonds. The summed E-state index contributed by atoms with van der Waals surface area (Å²) in [6.45, 7) is 4.05. The minimum Gasteiger partial charge on any atom is -0.320 e. The maximum absolute atomic E-state index is 13.2. The minimum absolute atomic E-state index is 0.0556. The zero-order valence-electron chi connectivity index (χ0n) is 15.4. The highest BCUT2D eigenvalue weighted by Crippen LogP contribution is 2.31. The number of hydrogen-bond donors (Lipinski definition) is 1. The Morgan fingerprint density at radius 1 is 1.14 bits per heavy atom. The molecule has 3 aromatic rings. The average Bonchev–Trinajstić information content (AvgIpc) is 3.16. The zero-order valence-corrected chi connectivity index (χ0v) is 16.9. The number of nitrogens with zero attached hydrogens (tertiary/aromatic N) is 2. The van der Waals surface area contributed by atoms with E-state index in [0.29, 0.717) is 22.0 Å². The molecule has 1 aliphatic heterocycles. The molecule has 0 saturated carbocycles. The second-order valence-corrected chi connectivity index (χ2v) is 9.28. The van der Waals surface area contributed by atoms with Gasteiger partial charge in [0.2, 0.25) is 15.0 Å². The Hall–Kier alpha value is -2.64. The second-order valence-electron chi connectivity index (χ2n) is 6.84. The molecule has 0 saturated heterocycles. The van der Waals surface area contributed by atoms with Crippen LogP contribution in [0.15, 0.2) is 47.6 Å². The third kappa shape index (κ3) is 3.21. The highest BCUT2D eigenvalue weighted by atomic mass is 35.5. The number of aryl methyl sites for hydroxylation is 2. The fraction of sp³-hybridized carbons (Fsp3) is 0.200. The monoisotopic (exact) mass is 415 g/mol. The lowest BCUT2D eigenvalue weighted by Crippen LogP contribution is -2.18. The number of fused-ring (bicyclic) bond motifs is 1. The largest absolute Gasteiger partial charge is 0.320 e. The van der Waals surface area contributed by atoms with E-state index in [1.165, 1.54) is 4.57 Å². The lowest BCUT2D eigenvalue weighted by molar-refractivity contribution is 0.101. The van der Waals surface area contributed by atoms with Gasteiger partial charge in [-0.2, -0.15) is 0 Å². The number of rotatable bonds is 3. The first-order valence-corrected chi connectivity index (χ1v) is 10.8. The third-order valence-electron chi connectivity index (χ3n) is 4.77. The normalized spacial score (nSPS) is 14.7. The van der Waals surface area contributed by atoms with E-state index in [0.717, 1.165) is 11.1 Å². The summed E-state index contributed by atoms with van der Waals surface area (Å²) in [4.78, 5) is 17.5. The number of anilines is 1. The second kappa shape index (κ2) is 6.76. The molecular formula is C20H18ClN3O3S. The Kier molecular flexibility index (Phi) is 4.51. The molecule has 0 atom stereocenters. The first-order chi connectivity index (χ1) is 13.3. The maximum atomic E-state index is 13.2. The molecule has 0 radical (unpaired) electrons. The van der Waals surface area contributed by atoms with Crippen LogP contribution in [0.25, 0.3) is 11.3 Å². The van der Waals surface area contributed by atoms with Crippen molar-refractivity contribution >= 4 is 33.0 Å². The SMILES string of the molecule is Cc1ccc(C)c(NC(=O)c2c(-c3ccc(Cl)cc3)nc3n2CCS3(=O)=O)c1. The summed E-state index contributed by atoms with van der Waals surface area (Å²) in [5.41, 5.74) is 3.81. The van der Waals surface area contributed by atoms with Gasteiger partial charge in [-0.05, 0) is 43.2 Å². The van der Waals surface area contributed by atoms with Gasteiger partial charge in [0.05, 0.1) is 5.75 Å². The summed E-state index contributed by atoms with van der Waals surface area (Å²) in [6, 6.07) is 12.6. The fourth-order valence-electron chi connectivity index (χ4n) is 3.27. The third-order valence-corrected chi connectivity index (χ3v) is 6.61. The zero-order chi connectivity index (χ0) is 20.1. The number of imidazole rings is 1. The summed E-state index contributed by atoms with van der Waals surface area (Å²) < 4.78 is 26.2. The van der Waals surface area contributed by atoms with Crippen LogP contribution < -0.4 is 5.32 Å². The van der Waals surface area contributed by atoms with E-state index >= 15 is 0 Å². The van der Waals surface area contributed by atoms with E-state index in [4.69, 9.17) is 11.6 Å². The molecule has 0 aliphatic carbocycles. The Labute approximate surface area is 168 Å². The molecule has 6 nitrogen and oxygen atoms in total. The van der Waals surface area contributed by atoms with Gasteiger partial charge >= 0.3 is 0 Å². The standard InChI is InChI=1S/C20H18ClN3O3S/c1-12-3-4-13(2)16(11-12)22-19(25)18-17(14-5-7-15(21)8-6-14)23-20-24(18)9-10-28(20,26)27/h3-8,11H,9-10H2,1-2H3,(H,22,25). The summed E-state index contributed by atoms with van der Waals surface area (Å²) >= 11 is 5.96. The van der Waals surface area contributed by atoms with Crippen molar-refractivity contribution in [2.45, 2.75) is 25.5 Å². The summed E-state index contributed by atoms with van der Waals surface area (Å²) in [7, 11) is -3.50. The first kappa shape index (κ1) is 18.7. The van der Waals surface area contributed by atoms with E-state index < -0.39 is 15.7 Å². The highest BCUT2D eigenvalue weighted by Gasteiger charge is 2.35. The molecule has 28 heavy (non-hydrogen) atoms. The van der Waals surface area contributed by atoms with Crippen LogP contribution >= 0.6 is 11.6 Å². The molecule has 1 N–H and O–H groups in total. The van der Waals surface area contributed by atoms with Gasteiger partial charge in [0.15, 0.2) is 0 Å². The van der Waals surface area contributed by atoms with Crippen LogP contribution in [0.2, 0.25) is 5.02 Å². The highest BCUT2D eigenvalue weighted by molar-refractivity contribution is 7.91. The minimum atomic E-state index is -3.50. The van der Waals surface area contributed by atoms with Crippen molar-refractivity contribution in [2.75, 3.05) is 11.1 Å². The Morgan fingerprint density at radius 2 is 1.86 bits per heavy atom. The van der Waals surface area contributed by atoms with Crippen molar-refractivity contribution < 1.29 is 13.2 Å². The predicted molar refractivity (Wildman–Crippen MR) is 109 cm³/mol. The number of carbonyl (C=O) groups excluding carboxylic acids is 1. The number of halogens is 1. The molecular weight excluding hydrogens is 398 g/mol. The van der Waals surface area contributed by atoms with Gasteiger partial charge in [-0.3, -0.25) is 4.79 Å². The lowest BCUT2D eigenvalue weighted by Gasteiger charge is -2.11. The molecule has 1 aliphatic rings. The molecule has 2 heterocycles. The number of sulfone groups is 1. The van der Waals surface area contributed by atoms with Crippen molar-refractivity contribution in [2.24, 2.45) is 0 Å². The van der Waals surface area contributed by atoms with Crippen LogP contribution in [-0.2, 0) is 16.4 Å². The van der Waals surface area contributed by atoms with Gasteiger partial charge in [-0.25, -0.2) is 13.4 Å². The van der Waals surface area contributed by atoms with Gasteiger partial charge < -0.3 is 9.88 Å².